The Labute approximate surface area is 87.3 Å². The average molecular weight is 227 g/mol. The number of fused-ring (bicyclic) bond motifs is 1. The summed E-state index contributed by atoms with van der Waals surface area (Å²) < 4.78 is 29.0. The van der Waals surface area contributed by atoms with E-state index in [0.717, 1.165) is 4.31 Å². The Hall–Kier alpha value is -1.40. The average Bonchev–Trinajstić information content (AvgIpc) is 2.41. The molecule has 1 aliphatic heterocycles. The minimum absolute atomic E-state index is 0.0482. The van der Waals surface area contributed by atoms with Crippen molar-refractivity contribution >= 4 is 15.9 Å². The lowest BCUT2D eigenvalue weighted by Gasteiger charge is -2.12. The van der Waals surface area contributed by atoms with Crippen LogP contribution in [-0.2, 0) is 14.8 Å². The highest BCUT2D eigenvalue weighted by atomic mass is 32.2. The van der Waals surface area contributed by atoms with Crippen LogP contribution in [0.4, 0.5) is 0 Å². The summed E-state index contributed by atoms with van der Waals surface area (Å²) in [5, 5.41) is 0. The van der Waals surface area contributed by atoms with Crippen LogP contribution in [0.5, 0.6) is 0 Å². The van der Waals surface area contributed by atoms with Gasteiger partial charge in [-0.15, -0.1) is 0 Å². The molecule has 1 aromatic rings. The molecule has 1 heterocycles. The molecule has 5 nitrogen and oxygen atoms in total. The van der Waals surface area contributed by atoms with E-state index in [-0.39, 0.29) is 17.2 Å². The summed E-state index contributed by atoms with van der Waals surface area (Å²) in [4.78, 5) is 11.7. The predicted octanol–water partition coefficient (Wildman–Crippen LogP) is 0.435. The fourth-order valence-corrected chi connectivity index (χ4v) is 2.96. The van der Waals surface area contributed by atoms with Crippen molar-refractivity contribution in [3.05, 3.63) is 29.8 Å². The molecule has 1 aromatic carbocycles. The molecule has 0 aliphatic carbocycles. The first kappa shape index (κ1) is 10.1. The van der Waals surface area contributed by atoms with Gasteiger partial charge >= 0.3 is 0 Å². The van der Waals surface area contributed by atoms with E-state index in [9.17, 15) is 13.2 Å². The molecule has 0 N–H and O–H groups in total. The van der Waals surface area contributed by atoms with Gasteiger partial charge in [0.25, 0.3) is 15.9 Å². The van der Waals surface area contributed by atoms with Gasteiger partial charge in [-0.25, -0.2) is 12.7 Å². The van der Waals surface area contributed by atoms with Gasteiger partial charge in [-0.1, -0.05) is 12.1 Å². The minimum Gasteiger partial charge on any atom is -0.363 e. The van der Waals surface area contributed by atoms with Gasteiger partial charge < -0.3 is 4.74 Å². The molecule has 0 bridgehead atoms. The summed E-state index contributed by atoms with van der Waals surface area (Å²) in [5.74, 6) is -0.535. The maximum Gasteiger partial charge on any atom is 0.271 e. The number of ether oxygens (including phenoxy) is 1. The lowest BCUT2D eigenvalue weighted by molar-refractivity contribution is 0.0681. The fraction of sp³-hybridized carbons (Fsp3) is 0.222. The first-order valence-corrected chi connectivity index (χ1v) is 5.68. The first-order chi connectivity index (χ1) is 7.09. The summed E-state index contributed by atoms with van der Waals surface area (Å²) in [6, 6.07) is 6.12. The Morgan fingerprint density at radius 2 is 2.00 bits per heavy atom. The van der Waals surface area contributed by atoms with Gasteiger partial charge in [0, 0.05) is 7.11 Å². The zero-order valence-electron chi connectivity index (χ0n) is 8.00. The standard InChI is InChI=1S/C9H9NO4S/c1-14-6-10-9(11)7-4-2-3-5-8(7)15(10,12)13/h2-5H,6H2,1H3. The SMILES string of the molecule is COCN1C(=O)c2ccccc2S1(=O)=O. The van der Waals surface area contributed by atoms with E-state index in [1.807, 2.05) is 0 Å². The van der Waals surface area contributed by atoms with Crippen LogP contribution < -0.4 is 0 Å². The molecule has 6 heteroatoms. The number of hydrogen-bond donors (Lipinski definition) is 0. The van der Waals surface area contributed by atoms with Crippen LogP contribution >= 0.6 is 0 Å². The molecule has 1 aliphatic rings. The monoisotopic (exact) mass is 227 g/mol. The molecular formula is C9H9NO4S. The molecule has 0 saturated heterocycles. The highest BCUT2D eigenvalue weighted by Gasteiger charge is 2.40. The van der Waals surface area contributed by atoms with Crippen LogP contribution in [0, 0.1) is 0 Å². The zero-order chi connectivity index (χ0) is 11.1. The number of sulfonamides is 1. The van der Waals surface area contributed by atoms with E-state index in [0.29, 0.717) is 0 Å². The topological polar surface area (TPSA) is 63.7 Å². The Balaban J connectivity index is 2.60. The molecule has 0 saturated carbocycles. The summed E-state index contributed by atoms with van der Waals surface area (Å²) in [6.07, 6.45) is 0. The van der Waals surface area contributed by atoms with Gasteiger partial charge in [0.2, 0.25) is 0 Å². The Morgan fingerprint density at radius 3 is 2.60 bits per heavy atom. The third-order valence-corrected chi connectivity index (χ3v) is 3.92. The first-order valence-electron chi connectivity index (χ1n) is 4.24. The number of amides is 1. The second-order valence-corrected chi connectivity index (χ2v) is 4.90. The number of benzene rings is 1. The van der Waals surface area contributed by atoms with Crippen LogP contribution in [0.2, 0.25) is 0 Å². The molecule has 0 unspecified atom stereocenters. The van der Waals surface area contributed by atoms with Gasteiger partial charge in [0.15, 0.2) is 0 Å². The van der Waals surface area contributed by atoms with Crippen molar-refractivity contribution in [1.29, 1.82) is 0 Å². The fourth-order valence-electron chi connectivity index (χ4n) is 1.48. The maximum atomic E-state index is 11.8. The number of methoxy groups -OCH3 is 1. The summed E-state index contributed by atoms with van der Waals surface area (Å²) in [5.41, 5.74) is 0.203. The van der Waals surface area contributed by atoms with E-state index >= 15 is 0 Å². The quantitative estimate of drug-likeness (QED) is 0.735. The zero-order valence-corrected chi connectivity index (χ0v) is 8.82. The van der Waals surface area contributed by atoms with E-state index in [2.05, 4.69) is 4.74 Å². The van der Waals surface area contributed by atoms with Crippen molar-refractivity contribution in [1.82, 2.24) is 4.31 Å². The third kappa shape index (κ3) is 1.33. The van der Waals surface area contributed by atoms with Crippen molar-refractivity contribution in [3.8, 4) is 0 Å². The molecule has 2 rings (SSSR count). The van der Waals surface area contributed by atoms with Crippen molar-refractivity contribution in [2.45, 2.75) is 4.90 Å². The summed E-state index contributed by atoms with van der Waals surface area (Å²) in [7, 11) is -2.36. The Morgan fingerprint density at radius 1 is 1.33 bits per heavy atom. The van der Waals surface area contributed by atoms with Crippen molar-refractivity contribution in [3.63, 3.8) is 0 Å². The van der Waals surface area contributed by atoms with Gasteiger partial charge in [-0.3, -0.25) is 4.79 Å². The number of nitrogens with zero attached hydrogens (tertiary/aromatic N) is 1. The highest BCUT2D eigenvalue weighted by molar-refractivity contribution is 7.90. The van der Waals surface area contributed by atoms with E-state index < -0.39 is 15.9 Å². The summed E-state index contributed by atoms with van der Waals surface area (Å²) >= 11 is 0. The van der Waals surface area contributed by atoms with Gasteiger partial charge in [0.1, 0.15) is 11.6 Å². The van der Waals surface area contributed by atoms with E-state index in [4.69, 9.17) is 0 Å². The largest absolute Gasteiger partial charge is 0.363 e. The van der Waals surface area contributed by atoms with Gasteiger partial charge in [-0.2, -0.15) is 0 Å². The van der Waals surface area contributed by atoms with Gasteiger partial charge in [0.05, 0.1) is 5.56 Å². The van der Waals surface area contributed by atoms with Crippen LogP contribution in [0.1, 0.15) is 10.4 Å². The van der Waals surface area contributed by atoms with Gasteiger partial charge in [-0.05, 0) is 12.1 Å². The smallest absolute Gasteiger partial charge is 0.271 e. The van der Waals surface area contributed by atoms with Crippen molar-refractivity contribution in [2.24, 2.45) is 0 Å². The lowest BCUT2D eigenvalue weighted by Crippen LogP contribution is -2.31. The molecule has 0 atom stereocenters. The second-order valence-electron chi connectivity index (χ2n) is 3.07. The number of carbonyl (C=O) groups excluding carboxylic acids is 1. The minimum atomic E-state index is -3.70. The summed E-state index contributed by atoms with van der Waals surface area (Å²) in [6.45, 7) is -0.254. The molecule has 0 aromatic heterocycles. The molecule has 1 amide bonds. The predicted molar refractivity (Wildman–Crippen MR) is 51.7 cm³/mol. The van der Waals surface area contributed by atoms with Crippen molar-refractivity contribution in [2.75, 3.05) is 13.8 Å². The molecule has 0 radical (unpaired) electrons. The third-order valence-electron chi connectivity index (χ3n) is 2.16. The second kappa shape index (κ2) is 3.32. The number of carbonyl (C=O) groups is 1. The molecule has 15 heavy (non-hydrogen) atoms. The maximum absolute atomic E-state index is 11.8. The van der Waals surface area contributed by atoms with Crippen LogP contribution in [-0.4, -0.2) is 32.5 Å². The lowest BCUT2D eigenvalue weighted by atomic mass is 10.2. The van der Waals surface area contributed by atoms with Crippen LogP contribution in [0.3, 0.4) is 0 Å². The van der Waals surface area contributed by atoms with Crippen LogP contribution in [0.15, 0.2) is 29.2 Å². The number of rotatable bonds is 2. The molecule has 0 spiro atoms. The highest BCUT2D eigenvalue weighted by Crippen LogP contribution is 2.29. The number of hydrogen-bond acceptors (Lipinski definition) is 4. The van der Waals surface area contributed by atoms with Crippen LogP contribution in [0.25, 0.3) is 0 Å². The van der Waals surface area contributed by atoms with E-state index in [1.165, 1.54) is 19.2 Å². The molecule has 0 fully saturated rings. The van der Waals surface area contributed by atoms with Crippen molar-refractivity contribution < 1.29 is 17.9 Å². The Bertz CT molecular complexity index is 509. The molecular weight excluding hydrogens is 218 g/mol. The van der Waals surface area contributed by atoms with E-state index in [1.54, 1.807) is 12.1 Å². The Kier molecular flexibility index (Phi) is 2.24. The molecule has 80 valence electrons. The normalized spacial score (nSPS) is 17.9.